The topological polar surface area (TPSA) is 66.3 Å². The van der Waals surface area contributed by atoms with Crippen molar-refractivity contribution in [3.63, 3.8) is 0 Å². The average molecular weight is 389 g/mol. The second-order valence-electron chi connectivity index (χ2n) is 7.10. The third-order valence-electron chi connectivity index (χ3n) is 5.27. The van der Waals surface area contributed by atoms with E-state index in [4.69, 9.17) is 16.6 Å². The number of nitrogens with one attached hydrogen (secondary N) is 3. The van der Waals surface area contributed by atoms with Gasteiger partial charge < -0.3 is 9.73 Å². The second kappa shape index (κ2) is 8.52. The Bertz CT molecular complexity index is 806. The van der Waals surface area contributed by atoms with Crippen LogP contribution in [0.1, 0.15) is 43.7 Å². The van der Waals surface area contributed by atoms with Gasteiger partial charge in [0.1, 0.15) is 11.6 Å². The van der Waals surface area contributed by atoms with Crippen LogP contribution in [0, 0.1) is 17.7 Å². The molecule has 3 rings (SSSR count). The van der Waals surface area contributed by atoms with Gasteiger partial charge in [0.15, 0.2) is 10.9 Å². The van der Waals surface area contributed by atoms with Crippen LogP contribution in [0.15, 0.2) is 40.8 Å². The molecule has 0 spiro atoms. The fraction of sp³-hybridized carbons (Fsp3) is 0.400. The van der Waals surface area contributed by atoms with Crippen molar-refractivity contribution in [1.82, 2.24) is 16.2 Å². The Morgan fingerprint density at radius 2 is 1.85 bits per heavy atom. The maximum atomic E-state index is 13.0. The monoisotopic (exact) mass is 389 g/mol. The molecular formula is C20H24FN3O2S. The molecule has 2 aromatic rings. The number of carbonyl (C=O) groups excluding carboxylic acids is 1. The number of hydrazine groups is 1. The van der Waals surface area contributed by atoms with Crippen molar-refractivity contribution in [3.05, 3.63) is 48.0 Å². The molecule has 0 aliphatic heterocycles. The van der Waals surface area contributed by atoms with Gasteiger partial charge in [0, 0.05) is 11.6 Å². The maximum Gasteiger partial charge on any atom is 0.305 e. The fourth-order valence-corrected chi connectivity index (χ4v) is 3.60. The Morgan fingerprint density at radius 3 is 2.59 bits per heavy atom. The Hall–Kier alpha value is -2.41. The summed E-state index contributed by atoms with van der Waals surface area (Å²) in [6.45, 7) is 4.48. The van der Waals surface area contributed by atoms with E-state index in [9.17, 15) is 9.18 Å². The molecule has 1 amide bonds. The highest BCUT2D eigenvalue weighted by Crippen LogP contribution is 2.29. The molecule has 0 saturated heterocycles. The van der Waals surface area contributed by atoms with E-state index < -0.39 is 5.91 Å². The van der Waals surface area contributed by atoms with Crippen molar-refractivity contribution in [2.75, 3.05) is 0 Å². The Balaban J connectivity index is 1.52. The molecule has 1 aromatic carbocycles. The van der Waals surface area contributed by atoms with E-state index in [-0.39, 0.29) is 11.6 Å². The Morgan fingerprint density at radius 1 is 1.11 bits per heavy atom. The minimum atomic E-state index is -0.433. The van der Waals surface area contributed by atoms with E-state index in [0.717, 1.165) is 6.42 Å². The van der Waals surface area contributed by atoms with Gasteiger partial charge in [-0.15, -0.1) is 0 Å². The largest absolute Gasteiger partial charge is 0.451 e. The molecule has 1 aliphatic carbocycles. The van der Waals surface area contributed by atoms with Gasteiger partial charge in [-0.3, -0.25) is 15.6 Å². The zero-order chi connectivity index (χ0) is 19.4. The standard InChI is InChI=1S/C20H24FN3O2S/c1-12-4-3-5-16(13(12)2)22-20(27)24-23-19(25)18-11-10-17(26-18)14-6-8-15(21)9-7-14/h6-13,16H,3-5H2,1-2H3,(H,23,25)(H2,22,24,27)/t12-,13-,16-/m1/s1. The molecule has 1 heterocycles. The molecular weight excluding hydrogens is 365 g/mol. The summed E-state index contributed by atoms with van der Waals surface area (Å²) in [4.78, 5) is 12.2. The number of hydrogen-bond donors (Lipinski definition) is 3. The summed E-state index contributed by atoms with van der Waals surface area (Å²) in [5.41, 5.74) is 5.97. The quantitative estimate of drug-likeness (QED) is 0.547. The molecule has 1 aromatic heterocycles. The molecule has 0 radical (unpaired) electrons. The highest BCUT2D eigenvalue weighted by molar-refractivity contribution is 7.80. The zero-order valence-electron chi connectivity index (χ0n) is 15.4. The van der Waals surface area contributed by atoms with Crippen LogP contribution < -0.4 is 16.2 Å². The molecule has 1 saturated carbocycles. The number of hydrogen-bond acceptors (Lipinski definition) is 3. The fourth-order valence-electron chi connectivity index (χ4n) is 3.39. The van der Waals surface area contributed by atoms with Crippen LogP contribution in [0.5, 0.6) is 0 Å². The molecule has 0 bridgehead atoms. The number of amides is 1. The van der Waals surface area contributed by atoms with E-state index in [2.05, 4.69) is 30.0 Å². The molecule has 1 aliphatic rings. The predicted octanol–water partition coefficient (Wildman–Crippen LogP) is 4.02. The van der Waals surface area contributed by atoms with Crippen molar-refractivity contribution in [2.24, 2.45) is 11.8 Å². The summed E-state index contributed by atoms with van der Waals surface area (Å²) < 4.78 is 18.6. The summed E-state index contributed by atoms with van der Waals surface area (Å²) >= 11 is 5.29. The van der Waals surface area contributed by atoms with E-state index >= 15 is 0 Å². The van der Waals surface area contributed by atoms with Gasteiger partial charge in [0.25, 0.3) is 0 Å². The smallest absolute Gasteiger partial charge is 0.305 e. The first kappa shape index (κ1) is 19.4. The van der Waals surface area contributed by atoms with E-state index in [1.165, 1.54) is 25.0 Å². The first-order valence-corrected chi connectivity index (χ1v) is 9.57. The lowest BCUT2D eigenvalue weighted by atomic mass is 9.78. The first-order chi connectivity index (χ1) is 12.9. The SMILES string of the molecule is C[C@@H]1[C@H](C)CCC[C@H]1NC(=S)NNC(=O)c1ccc(-c2ccc(F)cc2)o1. The van der Waals surface area contributed by atoms with Gasteiger partial charge in [-0.2, -0.15) is 0 Å². The van der Waals surface area contributed by atoms with Crippen LogP contribution in [0.25, 0.3) is 11.3 Å². The van der Waals surface area contributed by atoms with Crippen LogP contribution in [-0.2, 0) is 0 Å². The lowest BCUT2D eigenvalue weighted by Crippen LogP contribution is -2.52. The normalized spacial score (nSPS) is 22.1. The zero-order valence-corrected chi connectivity index (χ0v) is 16.2. The van der Waals surface area contributed by atoms with Gasteiger partial charge in [0.05, 0.1) is 0 Å². The van der Waals surface area contributed by atoms with Gasteiger partial charge in [0.2, 0.25) is 0 Å². The number of furan rings is 1. The van der Waals surface area contributed by atoms with Crippen molar-refractivity contribution < 1.29 is 13.6 Å². The number of halogens is 1. The summed E-state index contributed by atoms with van der Waals surface area (Å²) in [6.07, 6.45) is 3.49. The summed E-state index contributed by atoms with van der Waals surface area (Å²) in [6, 6.07) is 9.42. The van der Waals surface area contributed by atoms with Gasteiger partial charge in [-0.1, -0.05) is 26.7 Å². The third kappa shape index (κ3) is 4.86. The summed E-state index contributed by atoms with van der Waals surface area (Å²) in [5, 5.41) is 3.67. The number of rotatable bonds is 3. The average Bonchev–Trinajstić information content (AvgIpc) is 3.14. The minimum absolute atomic E-state index is 0.143. The molecule has 5 nitrogen and oxygen atoms in total. The molecule has 0 unspecified atom stereocenters. The van der Waals surface area contributed by atoms with Crippen molar-refractivity contribution in [2.45, 2.75) is 39.2 Å². The van der Waals surface area contributed by atoms with Gasteiger partial charge >= 0.3 is 5.91 Å². The molecule has 3 atom stereocenters. The van der Waals surface area contributed by atoms with E-state index in [0.29, 0.717) is 34.3 Å². The van der Waals surface area contributed by atoms with Gasteiger partial charge in [-0.25, -0.2) is 4.39 Å². The second-order valence-corrected chi connectivity index (χ2v) is 7.51. The third-order valence-corrected chi connectivity index (χ3v) is 5.49. The highest BCUT2D eigenvalue weighted by Gasteiger charge is 2.27. The van der Waals surface area contributed by atoms with Gasteiger partial charge in [-0.05, 0) is 66.9 Å². The lowest BCUT2D eigenvalue weighted by molar-refractivity contribution is 0.0916. The number of benzene rings is 1. The molecule has 3 N–H and O–H groups in total. The van der Waals surface area contributed by atoms with Crippen LogP contribution in [0.2, 0.25) is 0 Å². The van der Waals surface area contributed by atoms with Crippen LogP contribution in [0.4, 0.5) is 4.39 Å². The van der Waals surface area contributed by atoms with E-state index in [1.54, 1.807) is 24.3 Å². The molecule has 144 valence electrons. The Kier molecular flexibility index (Phi) is 6.11. The summed E-state index contributed by atoms with van der Waals surface area (Å²) in [5.74, 6) is 1.06. The number of carbonyl (C=O) groups is 1. The van der Waals surface area contributed by atoms with Crippen molar-refractivity contribution >= 4 is 23.2 Å². The van der Waals surface area contributed by atoms with E-state index in [1.807, 2.05) is 0 Å². The lowest BCUT2D eigenvalue weighted by Gasteiger charge is -2.35. The molecule has 7 heteroatoms. The molecule has 1 fully saturated rings. The highest BCUT2D eigenvalue weighted by atomic mass is 32.1. The van der Waals surface area contributed by atoms with Crippen molar-refractivity contribution in [3.8, 4) is 11.3 Å². The predicted molar refractivity (Wildman–Crippen MR) is 106 cm³/mol. The number of thiocarbonyl (C=S) groups is 1. The first-order valence-electron chi connectivity index (χ1n) is 9.16. The molecule has 27 heavy (non-hydrogen) atoms. The maximum absolute atomic E-state index is 13.0. The van der Waals surface area contributed by atoms with Crippen LogP contribution >= 0.6 is 12.2 Å². The van der Waals surface area contributed by atoms with Crippen LogP contribution in [-0.4, -0.2) is 17.1 Å². The van der Waals surface area contributed by atoms with Crippen molar-refractivity contribution in [1.29, 1.82) is 0 Å². The summed E-state index contributed by atoms with van der Waals surface area (Å²) in [7, 11) is 0. The minimum Gasteiger partial charge on any atom is -0.451 e. The van der Waals surface area contributed by atoms with Crippen LogP contribution in [0.3, 0.4) is 0 Å². The Labute approximate surface area is 163 Å².